The molecular formula is C26H44O10. The topological polar surface area (TPSA) is 124 Å². The van der Waals surface area contributed by atoms with Gasteiger partial charge in [0.05, 0.1) is 25.0 Å². The van der Waals surface area contributed by atoms with E-state index in [1.54, 1.807) is 27.7 Å². The van der Waals surface area contributed by atoms with Gasteiger partial charge in [-0.15, -0.1) is 0 Å². The number of carbonyl (C=O) groups is 4. The Bertz CT molecular complexity index is 696. The fraction of sp³-hybridized carbons (Fsp3) is 0.846. The third kappa shape index (κ3) is 13.4. The summed E-state index contributed by atoms with van der Waals surface area (Å²) in [6, 6.07) is 0. The Morgan fingerprint density at radius 1 is 0.694 bits per heavy atom. The van der Waals surface area contributed by atoms with Crippen molar-refractivity contribution >= 4 is 24.5 Å². The molecule has 2 heterocycles. The summed E-state index contributed by atoms with van der Waals surface area (Å²) in [7, 11) is 0. The highest BCUT2D eigenvalue weighted by molar-refractivity contribution is 5.71. The Morgan fingerprint density at radius 2 is 1.00 bits per heavy atom. The van der Waals surface area contributed by atoms with Gasteiger partial charge in [-0.1, -0.05) is 0 Å². The predicted octanol–water partition coefficient (Wildman–Crippen LogP) is 3.65. The molecule has 2 rings (SSSR count). The maximum Gasteiger partial charge on any atom is 0.308 e. The van der Waals surface area contributed by atoms with Crippen LogP contribution in [0.3, 0.4) is 0 Å². The van der Waals surface area contributed by atoms with Crippen molar-refractivity contribution in [2.45, 2.75) is 142 Å². The lowest BCUT2D eigenvalue weighted by molar-refractivity contribution is -0.292. The summed E-state index contributed by atoms with van der Waals surface area (Å²) < 4.78 is 32.5. The molecular weight excluding hydrogens is 472 g/mol. The highest BCUT2D eigenvalue weighted by Gasteiger charge is 2.38. The molecule has 0 saturated carbocycles. The van der Waals surface area contributed by atoms with E-state index >= 15 is 0 Å². The van der Waals surface area contributed by atoms with Crippen molar-refractivity contribution in [1.29, 1.82) is 0 Å². The maximum atomic E-state index is 11.7. The normalized spacial score (nSPS) is 27.6. The number of aldehydes is 2. The first-order chi connectivity index (χ1) is 16.2. The SMILES string of the molecule is CC(C)(C)OC(=O)C[C@@H]1C[C@@H](C=O)OC(C)(C)O1.CC(C)(C)OC(=O)C[C@H]1C[C@H](C=O)OC(C)(C)O1. The zero-order valence-corrected chi connectivity index (χ0v) is 23.4. The average molecular weight is 517 g/mol. The van der Waals surface area contributed by atoms with E-state index < -0.39 is 35.0 Å². The molecule has 208 valence electrons. The van der Waals surface area contributed by atoms with Gasteiger partial charge in [0.1, 0.15) is 36.0 Å². The summed E-state index contributed by atoms with van der Waals surface area (Å²) in [5.74, 6) is -2.35. The second kappa shape index (κ2) is 12.6. The van der Waals surface area contributed by atoms with E-state index in [1.807, 2.05) is 41.5 Å². The van der Waals surface area contributed by atoms with Crippen molar-refractivity contribution in [3.63, 3.8) is 0 Å². The van der Waals surface area contributed by atoms with Crippen LogP contribution in [0.5, 0.6) is 0 Å². The lowest BCUT2D eigenvalue weighted by Crippen LogP contribution is -2.46. The quantitative estimate of drug-likeness (QED) is 0.382. The number of rotatable bonds is 6. The highest BCUT2D eigenvalue weighted by Crippen LogP contribution is 2.29. The van der Waals surface area contributed by atoms with Crippen LogP contribution in [-0.2, 0) is 47.6 Å². The molecule has 0 radical (unpaired) electrons. The zero-order valence-electron chi connectivity index (χ0n) is 23.4. The Morgan fingerprint density at radius 3 is 1.25 bits per heavy atom. The Balaban J connectivity index is 0.000000360. The van der Waals surface area contributed by atoms with Gasteiger partial charge in [0.15, 0.2) is 11.6 Å². The molecule has 2 fully saturated rings. The van der Waals surface area contributed by atoms with Crippen LogP contribution >= 0.6 is 0 Å². The molecule has 0 aliphatic carbocycles. The highest BCUT2D eigenvalue weighted by atomic mass is 16.7. The Labute approximate surface area is 214 Å². The molecule has 36 heavy (non-hydrogen) atoms. The zero-order chi connectivity index (χ0) is 27.9. The summed E-state index contributed by atoms with van der Waals surface area (Å²) in [4.78, 5) is 45.0. The second-order valence-electron chi connectivity index (χ2n) is 11.9. The van der Waals surface area contributed by atoms with Gasteiger partial charge in [-0.3, -0.25) is 9.59 Å². The molecule has 10 nitrogen and oxygen atoms in total. The summed E-state index contributed by atoms with van der Waals surface area (Å²) in [5, 5.41) is 0. The standard InChI is InChI=1S/2C13H22O5/c2*1-12(2,3)18-11(15)7-9-6-10(8-14)17-13(4,5)16-9/h2*8-10H,6-7H2,1-5H3/t2*9-,10-/m10/s1. The maximum absolute atomic E-state index is 11.7. The number of hydrogen-bond donors (Lipinski definition) is 0. The molecule has 0 bridgehead atoms. The smallest absolute Gasteiger partial charge is 0.308 e. The molecule has 2 aliphatic heterocycles. The van der Waals surface area contributed by atoms with Crippen molar-refractivity contribution < 1.29 is 47.6 Å². The van der Waals surface area contributed by atoms with Gasteiger partial charge in [0, 0.05) is 12.8 Å². The number of esters is 2. The van der Waals surface area contributed by atoms with Crippen molar-refractivity contribution in [1.82, 2.24) is 0 Å². The molecule has 10 heteroatoms. The minimum Gasteiger partial charge on any atom is -0.460 e. The molecule has 0 amide bonds. The van der Waals surface area contributed by atoms with Crippen molar-refractivity contribution in [3.05, 3.63) is 0 Å². The van der Waals surface area contributed by atoms with E-state index in [1.165, 1.54) is 0 Å². The largest absolute Gasteiger partial charge is 0.460 e. The van der Waals surface area contributed by atoms with E-state index in [9.17, 15) is 19.2 Å². The van der Waals surface area contributed by atoms with Gasteiger partial charge in [-0.25, -0.2) is 0 Å². The lowest BCUT2D eigenvalue weighted by Gasteiger charge is -2.38. The van der Waals surface area contributed by atoms with Gasteiger partial charge >= 0.3 is 11.9 Å². The molecule has 2 saturated heterocycles. The molecule has 0 aromatic rings. The van der Waals surface area contributed by atoms with Gasteiger partial charge in [-0.05, 0) is 69.2 Å². The Kier molecular flexibility index (Phi) is 11.2. The fourth-order valence-electron chi connectivity index (χ4n) is 3.85. The van der Waals surface area contributed by atoms with Crippen LogP contribution in [0.2, 0.25) is 0 Å². The first kappa shape index (κ1) is 32.1. The van der Waals surface area contributed by atoms with Crippen LogP contribution in [0.4, 0.5) is 0 Å². The molecule has 0 spiro atoms. The van der Waals surface area contributed by atoms with Crippen LogP contribution in [0, 0.1) is 0 Å². The van der Waals surface area contributed by atoms with E-state index in [-0.39, 0.29) is 37.0 Å². The summed E-state index contributed by atoms with van der Waals surface area (Å²) >= 11 is 0. The van der Waals surface area contributed by atoms with Crippen LogP contribution in [0.15, 0.2) is 0 Å². The van der Waals surface area contributed by atoms with E-state index in [0.717, 1.165) is 12.6 Å². The summed E-state index contributed by atoms with van der Waals surface area (Å²) in [6.45, 7) is 17.8. The van der Waals surface area contributed by atoms with Crippen LogP contribution in [0.25, 0.3) is 0 Å². The summed E-state index contributed by atoms with van der Waals surface area (Å²) in [5.41, 5.74) is -1.02. The minimum atomic E-state index is -0.851. The first-order valence-electron chi connectivity index (χ1n) is 12.3. The van der Waals surface area contributed by atoms with Gasteiger partial charge in [-0.2, -0.15) is 0 Å². The molecule has 0 N–H and O–H groups in total. The predicted molar refractivity (Wildman–Crippen MR) is 130 cm³/mol. The van der Waals surface area contributed by atoms with Gasteiger partial charge in [0.2, 0.25) is 0 Å². The Hall–Kier alpha value is -1.88. The van der Waals surface area contributed by atoms with E-state index in [0.29, 0.717) is 12.8 Å². The summed E-state index contributed by atoms with van der Waals surface area (Å²) in [6.07, 6.45) is 0.764. The lowest BCUT2D eigenvalue weighted by atomic mass is 10.1. The third-order valence-electron chi connectivity index (χ3n) is 4.69. The average Bonchev–Trinajstić information content (AvgIpc) is 2.62. The van der Waals surface area contributed by atoms with Gasteiger partial charge < -0.3 is 38.0 Å². The van der Waals surface area contributed by atoms with Crippen LogP contribution in [-0.4, -0.2) is 71.7 Å². The second-order valence-corrected chi connectivity index (χ2v) is 11.9. The number of hydrogen-bond acceptors (Lipinski definition) is 10. The minimum absolute atomic E-state index is 0.133. The fourth-order valence-corrected chi connectivity index (χ4v) is 3.85. The molecule has 2 aliphatic rings. The van der Waals surface area contributed by atoms with Crippen molar-refractivity contribution in [3.8, 4) is 0 Å². The molecule has 0 aromatic carbocycles. The van der Waals surface area contributed by atoms with Crippen LogP contribution in [0.1, 0.15) is 94.9 Å². The molecule has 0 aromatic heterocycles. The van der Waals surface area contributed by atoms with E-state index in [4.69, 9.17) is 28.4 Å². The van der Waals surface area contributed by atoms with Crippen LogP contribution < -0.4 is 0 Å². The number of ether oxygens (including phenoxy) is 6. The van der Waals surface area contributed by atoms with Crippen molar-refractivity contribution in [2.24, 2.45) is 0 Å². The first-order valence-corrected chi connectivity index (χ1v) is 12.3. The number of carbonyl (C=O) groups excluding carboxylic acids is 4. The van der Waals surface area contributed by atoms with E-state index in [2.05, 4.69) is 0 Å². The third-order valence-corrected chi connectivity index (χ3v) is 4.69. The molecule has 4 atom stereocenters. The monoisotopic (exact) mass is 516 g/mol. The van der Waals surface area contributed by atoms with Gasteiger partial charge in [0.25, 0.3) is 0 Å². The molecule has 0 unspecified atom stereocenters. The van der Waals surface area contributed by atoms with Crippen molar-refractivity contribution in [2.75, 3.05) is 0 Å².